The summed E-state index contributed by atoms with van der Waals surface area (Å²) in [5.41, 5.74) is 3.25. The molecule has 1 aromatic carbocycles. The third kappa shape index (κ3) is 4.79. The zero-order valence-corrected chi connectivity index (χ0v) is 18.9. The number of hydrogen-bond acceptors (Lipinski definition) is 5. The number of ether oxygens (including phenoxy) is 2. The summed E-state index contributed by atoms with van der Waals surface area (Å²) in [6.45, 7) is 9.18. The molecule has 0 saturated heterocycles. The number of benzene rings is 1. The molecule has 1 atom stereocenters. The molecule has 6 heteroatoms. The van der Waals surface area contributed by atoms with Gasteiger partial charge in [0.05, 0.1) is 12.2 Å². The largest absolute Gasteiger partial charge is 0.460 e. The van der Waals surface area contributed by atoms with Crippen molar-refractivity contribution in [3.8, 4) is 0 Å². The van der Waals surface area contributed by atoms with Crippen LogP contribution in [-0.4, -0.2) is 31.6 Å². The van der Waals surface area contributed by atoms with Crippen LogP contribution in [0, 0.1) is 5.41 Å². The Kier molecular flexibility index (Phi) is 7.04. The third-order valence-electron chi connectivity index (χ3n) is 5.49. The molecule has 162 valence electrons. The summed E-state index contributed by atoms with van der Waals surface area (Å²) in [5.74, 6) is -0.945. The minimum Gasteiger partial charge on any atom is -0.460 e. The van der Waals surface area contributed by atoms with Gasteiger partial charge in [0.25, 0.3) is 0 Å². The summed E-state index contributed by atoms with van der Waals surface area (Å²) in [7, 11) is 0. The Balaban J connectivity index is 1.98. The van der Waals surface area contributed by atoms with Gasteiger partial charge in [0.15, 0.2) is 5.78 Å². The first-order valence-electron chi connectivity index (χ1n) is 10.5. The van der Waals surface area contributed by atoms with Crippen molar-refractivity contribution in [3.05, 3.63) is 57.4 Å². The SMILES string of the molecule is CCCOCCOC(=O)C1=C(C)NC2=C(C(=O)CC(C)(C)C2)C1c1ccccc1Cl. The maximum absolute atomic E-state index is 13.2. The second-order valence-corrected chi connectivity index (χ2v) is 9.11. The highest BCUT2D eigenvalue weighted by Crippen LogP contribution is 2.47. The van der Waals surface area contributed by atoms with Crippen LogP contribution in [0.1, 0.15) is 58.4 Å². The fourth-order valence-corrected chi connectivity index (χ4v) is 4.49. The van der Waals surface area contributed by atoms with Gasteiger partial charge < -0.3 is 14.8 Å². The topological polar surface area (TPSA) is 64.6 Å². The molecule has 2 aliphatic rings. The van der Waals surface area contributed by atoms with E-state index in [0.717, 1.165) is 24.1 Å². The predicted molar refractivity (Wildman–Crippen MR) is 117 cm³/mol. The van der Waals surface area contributed by atoms with Crippen molar-refractivity contribution in [3.63, 3.8) is 0 Å². The predicted octanol–water partition coefficient (Wildman–Crippen LogP) is 4.91. The number of halogens is 1. The zero-order chi connectivity index (χ0) is 21.9. The third-order valence-corrected chi connectivity index (χ3v) is 5.83. The summed E-state index contributed by atoms with van der Waals surface area (Å²) >= 11 is 6.52. The van der Waals surface area contributed by atoms with Crippen molar-refractivity contribution in [1.82, 2.24) is 5.32 Å². The van der Waals surface area contributed by atoms with Crippen molar-refractivity contribution in [2.75, 3.05) is 19.8 Å². The number of rotatable bonds is 7. The van der Waals surface area contributed by atoms with Crippen LogP contribution in [-0.2, 0) is 19.1 Å². The second-order valence-electron chi connectivity index (χ2n) is 8.70. The second kappa shape index (κ2) is 9.36. The Bertz CT molecular complexity index is 900. The molecule has 0 aromatic heterocycles. The molecular weight excluding hydrogens is 402 g/mol. The molecule has 0 bridgehead atoms. The maximum atomic E-state index is 13.2. The highest BCUT2D eigenvalue weighted by molar-refractivity contribution is 6.31. The number of allylic oxidation sites excluding steroid dienone is 3. The highest BCUT2D eigenvalue weighted by atomic mass is 35.5. The summed E-state index contributed by atoms with van der Waals surface area (Å²) in [6.07, 6.45) is 2.08. The van der Waals surface area contributed by atoms with Crippen LogP contribution in [0.15, 0.2) is 46.8 Å². The van der Waals surface area contributed by atoms with Crippen LogP contribution >= 0.6 is 11.6 Å². The van der Waals surface area contributed by atoms with E-state index in [0.29, 0.717) is 41.5 Å². The first-order chi connectivity index (χ1) is 14.2. The summed E-state index contributed by atoms with van der Waals surface area (Å²) < 4.78 is 10.9. The number of hydrogen-bond donors (Lipinski definition) is 1. The Hall–Kier alpha value is -2.11. The number of carbonyl (C=O) groups is 2. The molecule has 0 spiro atoms. The van der Waals surface area contributed by atoms with Crippen molar-refractivity contribution >= 4 is 23.4 Å². The lowest BCUT2D eigenvalue weighted by atomic mass is 9.68. The zero-order valence-electron chi connectivity index (χ0n) is 18.1. The van der Waals surface area contributed by atoms with Crippen LogP contribution in [0.2, 0.25) is 5.02 Å². The minimum atomic E-state index is -0.539. The number of dihydropyridines is 1. The van der Waals surface area contributed by atoms with E-state index in [1.165, 1.54) is 0 Å². The molecule has 0 saturated carbocycles. The van der Waals surface area contributed by atoms with E-state index in [-0.39, 0.29) is 17.8 Å². The molecule has 1 N–H and O–H groups in total. The fourth-order valence-electron chi connectivity index (χ4n) is 4.24. The maximum Gasteiger partial charge on any atom is 0.336 e. The molecule has 5 nitrogen and oxygen atoms in total. The first-order valence-corrected chi connectivity index (χ1v) is 10.9. The van der Waals surface area contributed by atoms with Gasteiger partial charge in [-0.2, -0.15) is 0 Å². The lowest BCUT2D eigenvalue weighted by Crippen LogP contribution is -2.38. The number of ketones is 1. The highest BCUT2D eigenvalue weighted by Gasteiger charge is 2.43. The van der Waals surface area contributed by atoms with Gasteiger partial charge in [0.2, 0.25) is 0 Å². The van der Waals surface area contributed by atoms with E-state index in [4.69, 9.17) is 21.1 Å². The Morgan fingerprint density at radius 1 is 1.20 bits per heavy atom. The lowest BCUT2D eigenvalue weighted by molar-refractivity contribution is -0.141. The molecule has 1 aliphatic carbocycles. The number of esters is 1. The van der Waals surface area contributed by atoms with Crippen LogP contribution in [0.3, 0.4) is 0 Å². The molecule has 30 heavy (non-hydrogen) atoms. The van der Waals surface area contributed by atoms with E-state index in [1.807, 2.05) is 32.0 Å². The quantitative estimate of drug-likeness (QED) is 0.490. The van der Waals surface area contributed by atoms with Crippen molar-refractivity contribution in [2.24, 2.45) is 5.41 Å². The lowest BCUT2D eigenvalue weighted by Gasteiger charge is -2.39. The number of nitrogens with one attached hydrogen (secondary N) is 1. The van der Waals surface area contributed by atoms with Gasteiger partial charge in [-0.05, 0) is 36.8 Å². The van der Waals surface area contributed by atoms with E-state index in [2.05, 4.69) is 19.2 Å². The molecular formula is C24H30ClNO4. The molecule has 1 unspecified atom stereocenters. The van der Waals surface area contributed by atoms with Gasteiger partial charge in [-0.3, -0.25) is 4.79 Å². The molecule has 1 aromatic rings. The van der Waals surface area contributed by atoms with Crippen molar-refractivity contribution in [2.45, 2.75) is 52.9 Å². The smallest absolute Gasteiger partial charge is 0.336 e. The average Bonchev–Trinajstić information content (AvgIpc) is 2.66. The van der Waals surface area contributed by atoms with Gasteiger partial charge in [-0.25, -0.2) is 4.79 Å². The van der Waals surface area contributed by atoms with Gasteiger partial charge >= 0.3 is 5.97 Å². The standard InChI is InChI=1S/C24H30ClNO4/c1-5-10-29-11-12-30-23(28)20-15(2)26-18-13-24(3,4)14-19(27)22(18)21(20)16-8-6-7-9-17(16)25/h6-9,21,26H,5,10-14H2,1-4H3. The average molecular weight is 432 g/mol. The molecule has 3 rings (SSSR count). The molecule has 0 radical (unpaired) electrons. The molecule has 1 heterocycles. The molecule has 1 aliphatic heterocycles. The van der Waals surface area contributed by atoms with Crippen LogP contribution in [0.5, 0.6) is 0 Å². The van der Waals surface area contributed by atoms with E-state index < -0.39 is 11.9 Å². The van der Waals surface area contributed by atoms with E-state index in [1.54, 1.807) is 6.07 Å². The molecule has 0 fully saturated rings. The van der Waals surface area contributed by atoms with E-state index in [9.17, 15) is 9.59 Å². The molecule has 0 amide bonds. The van der Waals surface area contributed by atoms with Gasteiger partial charge in [-0.1, -0.05) is 50.6 Å². The van der Waals surface area contributed by atoms with Gasteiger partial charge in [0.1, 0.15) is 6.61 Å². The fraction of sp³-hybridized carbons (Fsp3) is 0.500. The normalized spacial score (nSPS) is 20.7. The van der Waals surface area contributed by atoms with Crippen LogP contribution < -0.4 is 5.32 Å². The summed E-state index contributed by atoms with van der Waals surface area (Å²) in [5, 5.41) is 3.85. The van der Waals surface area contributed by atoms with Crippen LogP contribution in [0.25, 0.3) is 0 Å². The Morgan fingerprint density at radius 3 is 2.63 bits per heavy atom. The van der Waals surface area contributed by atoms with Crippen molar-refractivity contribution in [1.29, 1.82) is 0 Å². The van der Waals surface area contributed by atoms with Gasteiger partial charge in [0, 0.05) is 40.9 Å². The number of Topliss-reactive ketones (excluding diaryl/α,β-unsaturated/α-hetero) is 1. The monoisotopic (exact) mass is 431 g/mol. The van der Waals surface area contributed by atoms with Crippen LogP contribution in [0.4, 0.5) is 0 Å². The van der Waals surface area contributed by atoms with Gasteiger partial charge in [-0.15, -0.1) is 0 Å². The van der Waals surface area contributed by atoms with Crippen molar-refractivity contribution < 1.29 is 19.1 Å². The van der Waals surface area contributed by atoms with E-state index >= 15 is 0 Å². The summed E-state index contributed by atoms with van der Waals surface area (Å²) in [4.78, 5) is 26.3. The minimum absolute atomic E-state index is 0.0442. The first kappa shape index (κ1) is 22.6. The summed E-state index contributed by atoms with van der Waals surface area (Å²) in [6, 6.07) is 7.37. The Labute approximate surface area is 183 Å². The Morgan fingerprint density at radius 2 is 1.93 bits per heavy atom. The number of carbonyl (C=O) groups excluding carboxylic acids is 2.